The third-order valence-electron chi connectivity index (χ3n) is 4.65. The van der Waals surface area contributed by atoms with Crippen LogP contribution in [0.1, 0.15) is 29.6 Å². The van der Waals surface area contributed by atoms with Crippen LogP contribution in [0, 0.1) is 5.92 Å². The highest BCUT2D eigenvalue weighted by molar-refractivity contribution is 6.34. The Morgan fingerprint density at radius 2 is 2.05 bits per heavy atom. The summed E-state index contributed by atoms with van der Waals surface area (Å²) >= 11 is 6.12. The van der Waals surface area contributed by atoms with Crippen molar-refractivity contribution in [3.05, 3.63) is 41.2 Å². The Bertz CT molecular complexity index is 700. The van der Waals surface area contributed by atoms with Gasteiger partial charge >= 0.3 is 0 Å². The molecule has 0 spiro atoms. The number of amides is 1. The predicted octanol–water partition coefficient (Wildman–Crippen LogP) is 3.51. The predicted molar refractivity (Wildman–Crippen MR) is 78.9 cm³/mol. The van der Waals surface area contributed by atoms with Gasteiger partial charge in [-0.05, 0) is 30.6 Å². The quantitative estimate of drug-likeness (QED) is 0.752. The van der Waals surface area contributed by atoms with Crippen LogP contribution in [0.3, 0.4) is 0 Å². The van der Waals surface area contributed by atoms with Crippen molar-refractivity contribution in [2.45, 2.75) is 25.3 Å². The van der Waals surface area contributed by atoms with Gasteiger partial charge in [-0.25, -0.2) is 4.98 Å². The maximum Gasteiger partial charge on any atom is 0.256 e. The van der Waals surface area contributed by atoms with Gasteiger partial charge in [0.15, 0.2) is 0 Å². The molecule has 2 fully saturated rings. The van der Waals surface area contributed by atoms with Gasteiger partial charge in [-0.1, -0.05) is 35.9 Å². The van der Waals surface area contributed by atoms with Gasteiger partial charge in [0.05, 0.1) is 5.56 Å². The molecule has 2 unspecified atom stereocenters. The largest absolute Gasteiger partial charge is 0.335 e. The molecule has 1 aliphatic carbocycles. The SMILES string of the molecule is O=C(c1cnc(Cl)c2ccccc12)N1CC2CCC1C2. The molecule has 0 radical (unpaired) electrons. The molecule has 1 amide bonds. The molecule has 2 heterocycles. The lowest BCUT2D eigenvalue weighted by Crippen LogP contribution is -2.37. The van der Waals surface area contributed by atoms with Crippen molar-refractivity contribution in [1.29, 1.82) is 0 Å². The van der Waals surface area contributed by atoms with Crippen LogP contribution >= 0.6 is 11.6 Å². The topological polar surface area (TPSA) is 33.2 Å². The minimum Gasteiger partial charge on any atom is -0.335 e. The fourth-order valence-corrected chi connectivity index (χ4v) is 3.87. The molecule has 2 bridgehead atoms. The molecule has 2 atom stereocenters. The van der Waals surface area contributed by atoms with Crippen LogP contribution in [0.4, 0.5) is 0 Å². The molecule has 102 valence electrons. The second kappa shape index (κ2) is 4.45. The van der Waals surface area contributed by atoms with Gasteiger partial charge in [-0.3, -0.25) is 4.79 Å². The molecule has 1 aromatic heterocycles. The third kappa shape index (κ3) is 1.73. The third-order valence-corrected chi connectivity index (χ3v) is 4.95. The number of nitrogens with zero attached hydrogens (tertiary/aromatic N) is 2. The highest BCUT2D eigenvalue weighted by Gasteiger charge is 2.40. The molecule has 1 aromatic carbocycles. The van der Waals surface area contributed by atoms with Gasteiger partial charge < -0.3 is 4.90 Å². The molecule has 1 saturated heterocycles. The Labute approximate surface area is 122 Å². The van der Waals surface area contributed by atoms with Crippen LogP contribution in [0.2, 0.25) is 5.15 Å². The summed E-state index contributed by atoms with van der Waals surface area (Å²) in [4.78, 5) is 19.0. The Kier molecular flexibility index (Phi) is 2.71. The summed E-state index contributed by atoms with van der Waals surface area (Å²) in [5.41, 5.74) is 0.678. The second-order valence-electron chi connectivity index (χ2n) is 5.80. The fraction of sp³-hybridized carbons (Fsp3) is 0.375. The number of aromatic nitrogens is 1. The molecule has 1 saturated carbocycles. The lowest BCUT2D eigenvalue weighted by atomic mass is 10.1. The van der Waals surface area contributed by atoms with Crippen LogP contribution in [0.5, 0.6) is 0 Å². The lowest BCUT2D eigenvalue weighted by Gasteiger charge is -2.27. The Morgan fingerprint density at radius 3 is 2.75 bits per heavy atom. The van der Waals surface area contributed by atoms with Gasteiger partial charge in [0.25, 0.3) is 5.91 Å². The number of halogens is 1. The van der Waals surface area contributed by atoms with Crippen molar-refractivity contribution >= 4 is 28.3 Å². The Hall–Kier alpha value is -1.61. The van der Waals surface area contributed by atoms with Crippen LogP contribution in [-0.2, 0) is 0 Å². The van der Waals surface area contributed by atoms with Crippen molar-refractivity contribution in [3.63, 3.8) is 0 Å². The number of pyridine rings is 1. The molecular weight excluding hydrogens is 272 g/mol. The summed E-state index contributed by atoms with van der Waals surface area (Å²) in [5, 5.41) is 2.21. The Morgan fingerprint density at radius 1 is 1.25 bits per heavy atom. The van der Waals surface area contributed by atoms with E-state index >= 15 is 0 Å². The van der Waals surface area contributed by atoms with E-state index in [-0.39, 0.29) is 5.91 Å². The van der Waals surface area contributed by atoms with E-state index in [1.807, 2.05) is 29.2 Å². The molecule has 2 aliphatic rings. The average molecular weight is 287 g/mol. The molecule has 4 rings (SSSR count). The second-order valence-corrected chi connectivity index (χ2v) is 6.16. The van der Waals surface area contributed by atoms with E-state index in [0.717, 1.165) is 23.7 Å². The number of hydrogen-bond acceptors (Lipinski definition) is 2. The zero-order valence-electron chi connectivity index (χ0n) is 11.1. The minimum atomic E-state index is 0.109. The van der Waals surface area contributed by atoms with Gasteiger partial charge in [0.2, 0.25) is 0 Å². The summed E-state index contributed by atoms with van der Waals surface area (Å²) in [5.74, 6) is 0.813. The first kappa shape index (κ1) is 12.2. The van der Waals surface area contributed by atoms with E-state index in [1.54, 1.807) is 6.20 Å². The monoisotopic (exact) mass is 286 g/mol. The summed E-state index contributed by atoms with van der Waals surface area (Å²) in [6.07, 6.45) is 5.22. The van der Waals surface area contributed by atoms with E-state index in [9.17, 15) is 4.79 Å². The van der Waals surface area contributed by atoms with E-state index in [2.05, 4.69) is 4.98 Å². The number of fused-ring (bicyclic) bond motifs is 3. The highest BCUT2D eigenvalue weighted by atomic mass is 35.5. The fourth-order valence-electron chi connectivity index (χ4n) is 3.66. The summed E-state index contributed by atoms with van der Waals surface area (Å²) in [6.45, 7) is 0.903. The number of carbonyl (C=O) groups excluding carboxylic acids is 1. The minimum absolute atomic E-state index is 0.109. The normalized spacial score (nSPS) is 24.6. The van der Waals surface area contributed by atoms with Crippen molar-refractivity contribution in [2.75, 3.05) is 6.54 Å². The zero-order valence-corrected chi connectivity index (χ0v) is 11.8. The summed E-state index contributed by atoms with van der Waals surface area (Å²) in [6, 6.07) is 8.15. The maximum absolute atomic E-state index is 12.8. The van der Waals surface area contributed by atoms with E-state index in [0.29, 0.717) is 22.7 Å². The standard InChI is InChI=1S/C16H15ClN2O/c17-15-13-4-2-1-3-12(13)14(8-18-15)16(20)19-9-10-5-6-11(19)7-10/h1-4,8,10-11H,5-7,9H2. The van der Waals surface area contributed by atoms with Crippen LogP contribution < -0.4 is 0 Å². The Balaban J connectivity index is 1.79. The van der Waals surface area contributed by atoms with Crippen molar-refractivity contribution < 1.29 is 4.79 Å². The van der Waals surface area contributed by atoms with Gasteiger partial charge in [-0.2, -0.15) is 0 Å². The van der Waals surface area contributed by atoms with E-state index < -0.39 is 0 Å². The van der Waals surface area contributed by atoms with Gasteiger partial charge in [0, 0.05) is 24.2 Å². The number of hydrogen-bond donors (Lipinski definition) is 0. The van der Waals surface area contributed by atoms with Crippen molar-refractivity contribution in [2.24, 2.45) is 5.92 Å². The molecule has 20 heavy (non-hydrogen) atoms. The molecule has 1 aliphatic heterocycles. The van der Waals surface area contributed by atoms with E-state index in [4.69, 9.17) is 11.6 Å². The van der Waals surface area contributed by atoms with Crippen LogP contribution in [-0.4, -0.2) is 28.4 Å². The van der Waals surface area contributed by atoms with Crippen LogP contribution in [0.25, 0.3) is 10.8 Å². The van der Waals surface area contributed by atoms with Crippen LogP contribution in [0.15, 0.2) is 30.5 Å². The molecule has 2 aromatic rings. The summed E-state index contributed by atoms with van der Waals surface area (Å²) < 4.78 is 0. The van der Waals surface area contributed by atoms with Gasteiger partial charge in [0.1, 0.15) is 5.15 Å². The first-order valence-corrected chi connectivity index (χ1v) is 7.46. The number of rotatable bonds is 1. The van der Waals surface area contributed by atoms with Crippen molar-refractivity contribution in [1.82, 2.24) is 9.88 Å². The molecule has 4 heteroatoms. The highest BCUT2D eigenvalue weighted by Crippen LogP contribution is 2.38. The maximum atomic E-state index is 12.8. The summed E-state index contributed by atoms with van der Waals surface area (Å²) in [7, 11) is 0. The number of benzene rings is 1. The van der Waals surface area contributed by atoms with Gasteiger partial charge in [-0.15, -0.1) is 0 Å². The zero-order chi connectivity index (χ0) is 13.7. The molecule has 0 N–H and O–H groups in total. The lowest BCUT2D eigenvalue weighted by molar-refractivity contribution is 0.0705. The number of piperidine rings is 1. The molecule has 3 nitrogen and oxygen atoms in total. The smallest absolute Gasteiger partial charge is 0.256 e. The number of likely N-dealkylation sites (tertiary alicyclic amines) is 1. The molecular formula is C16H15ClN2O. The van der Waals surface area contributed by atoms with Crippen molar-refractivity contribution in [3.8, 4) is 0 Å². The average Bonchev–Trinajstić information content (AvgIpc) is 3.10. The first-order valence-electron chi connectivity index (χ1n) is 7.08. The number of carbonyl (C=O) groups is 1. The first-order chi connectivity index (χ1) is 9.74. The van der Waals surface area contributed by atoms with E-state index in [1.165, 1.54) is 12.8 Å².